The Morgan fingerprint density at radius 3 is 2.61 bits per heavy atom. The summed E-state index contributed by atoms with van der Waals surface area (Å²) in [7, 11) is 0. The van der Waals surface area contributed by atoms with E-state index < -0.39 is 0 Å². The summed E-state index contributed by atoms with van der Waals surface area (Å²) >= 11 is 0. The Balaban J connectivity index is 1.62. The van der Waals surface area contributed by atoms with Crippen molar-refractivity contribution in [2.24, 2.45) is 5.73 Å². The lowest BCUT2D eigenvalue weighted by atomic mass is 9.71. The van der Waals surface area contributed by atoms with Gasteiger partial charge >= 0.3 is 0 Å². The standard InChI is InChI=1S/C24H33N5O2/c1-24(2)11-18-17(21-20(24)23(26)28-13-27-21)7-8-19(22(18)29-10-9-15(30)12-29)31-16-5-3-14(25)4-6-16/h7-8,13-16,30H,3-6,9-12,25H2,1-2H3,(H2,26,27,28)/t14-,15?,16-. The number of benzene rings is 1. The molecule has 0 bridgehead atoms. The van der Waals surface area contributed by atoms with E-state index in [1.165, 1.54) is 5.56 Å². The highest BCUT2D eigenvalue weighted by atomic mass is 16.5. The number of hydrogen-bond acceptors (Lipinski definition) is 7. The smallest absolute Gasteiger partial charge is 0.143 e. The van der Waals surface area contributed by atoms with Crippen LogP contribution in [0.15, 0.2) is 18.5 Å². The molecule has 2 aliphatic carbocycles. The van der Waals surface area contributed by atoms with Gasteiger partial charge in [0.1, 0.15) is 17.9 Å². The average molecular weight is 424 g/mol. The zero-order chi connectivity index (χ0) is 21.8. The maximum atomic E-state index is 10.3. The predicted molar refractivity (Wildman–Crippen MR) is 122 cm³/mol. The summed E-state index contributed by atoms with van der Waals surface area (Å²) in [6.45, 7) is 5.85. The number of β-amino-alcohol motifs (C(OH)–C–C–N with tert-alkyl or cyclic N) is 1. The van der Waals surface area contributed by atoms with E-state index in [-0.39, 0.29) is 17.6 Å². The molecule has 1 atom stereocenters. The zero-order valence-electron chi connectivity index (χ0n) is 18.5. The second-order valence-electron chi connectivity index (χ2n) is 10.0. The molecule has 1 saturated carbocycles. The van der Waals surface area contributed by atoms with Gasteiger partial charge in [0.2, 0.25) is 0 Å². The Morgan fingerprint density at radius 2 is 1.90 bits per heavy atom. The summed E-state index contributed by atoms with van der Waals surface area (Å²) in [5.74, 6) is 1.47. The first-order chi connectivity index (χ1) is 14.8. The molecule has 0 radical (unpaired) electrons. The molecule has 0 spiro atoms. The average Bonchev–Trinajstić information content (AvgIpc) is 3.14. The molecule has 2 heterocycles. The third-order valence-corrected chi connectivity index (χ3v) is 7.17. The van der Waals surface area contributed by atoms with Crippen molar-refractivity contribution in [1.29, 1.82) is 0 Å². The van der Waals surface area contributed by atoms with Crippen LogP contribution in [0.5, 0.6) is 5.75 Å². The van der Waals surface area contributed by atoms with Gasteiger partial charge in [-0.15, -0.1) is 0 Å². The first-order valence-electron chi connectivity index (χ1n) is 11.5. The van der Waals surface area contributed by atoms with E-state index in [4.69, 9.17) is 16.2 Å². The van der Waals surface area contributed by atoms with Gasteiger partial charge in [0.25, 0.3) is 0 Å². The molecule has 2 aromatic rings. The number of nitrogen functional groups attached to an aromatic ring is 1. The van der Waals surface area contributed by atoms with Crippen LogP contribution in [0.1, 0.15) is 57.1 Å². The first-order valence-corrected chi connectivity index (χ1v) is 11.5. The molecule has 5 rings (SSSR count). The fraction of sp³-hybridized carbons (Fsp3) is 0.583. The van der Waals surface area contributed by atoms with Crippen LogP contribution in [-0.4, -0.2) is 46.4 Å². The van der Waals surface area contributed by atoms with Crippen molar-refractivity contribution in [2.45, 2.75) is 76.0 Å². The number of nitrogens with zero attached hydrogens (tertiary/aromatic N) is 3. The molecule has 1 saturated heterocycles. The molecule has 1 unspecified atom stereocenters. The van der Waals surface area contributed by atoms with Crippen molar-refractivity contribution in [3.8, 4) is 17.0 Å². The number of hydrogen-bond donors (Lipinski definition) is 3. The minimum Gasteiger partial charge on any atom is -0.488 e. The fourth-order valence-corrected chi connectivity index (χ4v) is 5.59. The second kappa shape index (κ2) is 7.64. The van der Waals surface area contributed by atoms with Crippen molar-refractivity contribution in [3.63, 3.8) is 0 Å². The summed E-state index contributed by atoms with van der Waals surface area (Å²) < 4.78 is 6.59. The second-order valence-corrected chi connectivity index (χ2v) is 10.0. The van der Waals surface area contributed by atoms with Gasteiger partial charge < -0.3 is 26.2 Å². The van der Waals surface area contributed by atoms with Crippen molar-refractivity contribution in [1.82, 2.24) is 9.97 Å². The van der Waals surface area contributed by atoms with Crippen LogP contribution in [-0.2, 0) is 11.8 Å². The lowest BCUT2D eigenvalue weighted by Gasteiger charge is -2.37. The van der Waals surface area contributed by atoms with Crippen LogP contribution < -0.4 is 21.1 Å². The molecule has 31 heavy (non-hydrogen) atoms. The lowest BCUT2D eigenvalue weighted by Crippen LogP contribution is -2.33. The molecule has 0 amide bonds. The number of anilines is 2. The molecule has 1 aliphatic heterocycles. The molecule has 7 nitrogen and oxygen atoms in total. The van der Waals surface area contributed by atoms with Crippen molar-refractivity contribution in [3.05, 3.63) is 29.6 Å². The normalized spacial score (nSPS) is 27.0. The van der Waals surface area contributed by atoms with Gasteiger partial charge in [-0.3, -0.25) is 0 Å². The van der Waals surface area contributed by atoms with Gasteiger partial charge in [0, 0.05) is 30.3 Å². The molecule has 2 fully saturated rings. The molecule has 7 heteroatoms. The summed E-state index contributed by atoms with van der Waals surface area (Å²) in [6, 6.07) is 4.49. The molecule has 1 aromatic heterocycles. The number of aliphatic hydroxyl groups excluding tert-OH is 1. The minimum atomic E-state index is -0.307. The van der Waals surface area contributed by atoms with Gasteiger partial charge in [0.15, 0.2) is 0 Å². The Morgan fingerprint density at radius 1 is 1.13 bits per heavy atom. The number of aromatic nitrogens is 2. The van der Waals surface area contributed by atoms with Crippen molar-refractivity contribution in [2.75, 3.05) is 23.7 Å². The van der Waals surface area contributed by atoms with Crippen molar-refractivity contribution >= 4 is 11.5 Å². The fourth-order valence-electron chi connectivity index (χ4n) is 5.59. The molecule has 3 aliphatic rings. The molecule has 5 N–H and O–H groups in total. The molecular formula is C24H33N5O2. The lowest BCUT2D eigenvalue weighted by molar-refractivity contribution is 0.147. The first kappa shape index (κ1) is 20.5. The van der Waals surface area contributed by atoms with E-state index in [1.54, 1.807) is 6.33 Å². The Bertz CT molecular complexity index is 984. The van der Waals surface area contributed by atoms with E-state index >= 15 is 0 Å². The summed E-state index contributed by atoms with van der Waals surface area (Å²) in [6.07, 6.45) is 7.00. The van der Waals surface area contributed by atoms with Gasteiger partial charge in [-0.1, -0.05) is 13.8 Å². The van der Waals surface area contributed by atoms with Crippen molar-refractivity contribution < 1.29 is 9.84 Å². The van der Waals surface area contributed by atoms with Gasteiger partial charge in [-0.25, -0.2) is 9.97 Å². The number of aliphatic hydroxyl groups is 1. The topological polar surface area (TPSA) is 111 Å². The van der Waals surface area contributed by atoms with Gasteiger partial charge in [-0.2, -0.15) is 0 Å². The monoisotopic (exact) mass is 423 g/mol. The Kier molecular flexibility index (Phi) is 5.06. The van der Waals surface area contributed by atoms with Crippen LogP contribution in [0, 0.1) is 0 Å². The zero-order valence-corrected chi connectivity index (χ0v) is 18.5. The summed E-state index contributed by atoms with van der Waals surface area (Å²) in [5.41, 5.74) is 17.6. The van der Waals surface area contributed by atoms with Crippen LogP contribution >= 0.6 is 0 Å². The quantitative estimate of drug-likeness (QED) is 0.696. The third-order valence-electron chi connectivity index (χ3n) is 7.17. The number of nitrogens with two attached hydrogens (primary N) is 2. The largest absolute Gasteiger partial charge is 0.488 e. The van der Waals surface area contributed by atoms with E-state index in [1.807, 2.05) is 0 Å². The number of ether oxygens (including phenoxy) is 1. The van der Waals surface area contributed by atoms with Crippen LogP contribution in [0.3, 0.4) is 0 Å². The molecule has 166 valence electrons. The molecular weight excluding hydrogens is 390 g/mol. The van der Waals surface area contributed by atoms with Gasteiger partial charge in [0.05, 0.1) is 23.6 Å². The number of fused-ring (bicyclic) bond motifs is 3. The predicted octanol–water partition coefficient (Wildman–Crippen LogP) is 2.78. The summed E-state index contributed by atoms with van der Waals surface area (Å²) in [5, 5.41) is 10.3. The number of rotatable bonds is 3. The minimum absolute atomic E-state index is 0.186. The highest BCUT2D eigenvalue weighted by molar-refractivity contribution is 5.83. The Labute approximate surface area is 183 Å². The van der Waals surface area contributed by atoms with E-state index in [0.717, 1.165) is 73.3 Å². The maximum Gasteiger partial charge on any atom is 0.143 e. The van der Waals surface area contributed by atoms with Crippen LogP contribution in [0.2, 0.25) is 0 Å². The highest BCUT2D eigenvalue weighted by Crippen LogP contribution is 2.50. The third kappa shape index (κ3) is 3.64. The Hall–Kier alpha value is -2.38. The van der Waals surface area contributed by atoms with Gasteiger partial charge in [-0.05, 0) is 61.6 Å². The summed E-state index contributed by atoms with van der Waals surface area (Å²) in [4.78, 5) is 11.2. The van der Waals surface area contributed by atoms with E-state index in [2.05, 4.69) is 40.8 Å². The van der Waals surface area contributed by atoms with E-state index in [0.29, 0.717) is 18.4 Å². The van der Waals surface area contributed by atoms with Crippen LogP contribution in [0.25, 0.3) is 11.3 Å². The van der Waals surface area contributed by atoms with E-state index in [9.17, 15) is 5.11 Å². The molecule has 1 aromatic carbocycles. The highest BCUT2D eigenvalue weighted by Gasteiger charge is 2.38. The maximum absolute atomic E-state index is 10.3. The SMILES string of the molecule is CC1(C)Cc2c(ccc(O[C@H]3CC[C@H](N)CC3)c2N2CCC(O)C2)-c2ncnc(N)c21. The van der Waals surface area contributed by atoms with Crippen LogP contribution in [0.4, 0.5) is 11.5 Å².